The van der Waals surface area contributed by atoms with Gasteiger partial charge in [-0.2, -0.15) is 17.5 Å². The van der Waals surface area contributed by atoms with Crippen molar-refractivity contribution in [2.45, 2.75) is 11.1 Å². The van der Waals surface area contributed by atoms with Crippen LogP contribution in [-0.2, 0) is 16.2 Å². The molecule has 150 valence electrons. The largest absolute Gasteiger partial charge is 0.417 e. The molecule has 3 rings (SSSR count). The lowest BCUT2D eigenvalue weighted by Crippen LogP contribution is -2.48. The molecule has 0 radical (unpaired) electrons. The van der Waals surface area contributed by atoms with Gasteiger partial charge in [-0.05, 0) is 17.7 Å². The van der Waals surface area contributed by atoms with E-state index < -0.39 is 26.7 Å². The Kier molecular flexibility index (Phi) is 6.22. The Morgan fingerprint density at radius 1 is 0.893 bits per heavy atom. The van der Waals surface area contributed by atoms with Crippen LogP contribution in [0, 0.1) is 0 Å². The highest BCUT2D eigenvalue weighted by Gasteiger charge is 2.39. The average molecular weight is 410 g/mol. The SMILES string of the molecule is O=S(=O)(c1ccccc1C(F)(F)F)N1CCN(CC=Cc2ccccc2)CC1. The first kappa shape index (κ1) is 20.6. The first-order valence-corrected chi connectivity index (χ1v) is 10.3. The molecule has 4 nitrogen and oxygen atoms in total. The van der Waals surface area contributed by atoms with Crippen LogP contribution >= 0.6 is 0 Å². The number of benzene rings is 2. The molecule has 0 atom stereocenters. The minimum atomic E-state index is -4.71. The summed E-state index contributed by atoms with van der Waals surface area (Å²) in [6, 6.07) is 14.1. The number of rotatable bonds is 5. The fraction of sp³-hybridized carbons (Fsp3) is 0.300. The molecule has 0 N–H and O–H groups in total. The molecule has 0 unspecified atom stereocenters. The van der Waals surface area contributed by atoms with Crippen LogP contribution in [0.5, 0.6) is 0 Å². The van der Waals surface area contributed by atoms with Crippen LogP contribution in [0.2, 0.25) is 0 Å². The van der Waals surface area contributed by atoms with E-state index in [0.29, 0.717) is 19.6 Å². The number of alkyl halides is 3. The summed E-state index contributed by atoms with van der Waals surface area (Å²) in [5, 5.41) is 0. The Morgan fingerprint density at radius 3 is 2.14 bits per heavy atom. The Bertz CT molecular complexity index is 920. The standard InChI is InChI=1S/C20H21F3N2O2S/c21-20(22,23)18-10-4-5-11-19(18)28(26,27)25-15-13-24(14-16-25)12-6-9-17-7-2-1-3-8-17/h1-11H,12-16H2. The van der Waals surface area contributed by atoms with Gasteiger partial charge in [0.1, 0.15) is 0 Å². The van der Waals surface area contributed by atoms with Crippen molar-refractivity contribution >= 4 is 16.1 Å². The lowest BCUT2D eigenvalue weighted by atomic mass is 10.2. The molecule has 8 heteroatoms. The van der Waals surface area contributed by atoms with Gasteiger partial charge in [0, 0.05) is 32.7 Å². The average Bonchev–Trinajstić information content (AvgIpc) is 2.69. The number of piperazine rings is 1. The molecule has 1 saturated heterocycles. The van der Waals surface area contributed by atoms with Crippen molar-refractivity contribution in [1.82, 2.24) is 9.21 Å². The van der Waals surface area contributed by atoms with Crippen LogP contribution in [0.25, 0.3) is 6.08 Å². The number of sulfonamides is 1. The summed E-state index contributed by atoms with van der Waals surface area (Å²) in [4.78, 5) is 1.39. The van der Waals surface area contributed by atoms with Gasteiger partial charge in [0.2, 0.25) is 10.0 Å². The van der Waals surface area contributed by atoms with Crippen molar-refractivity contribution in [1.29, 1.82) is 0 Å². The van der Waals surface area contributed by atoms with E-state index in [4.69, 9.17) is 0 Å². The van der Waals surface area contributed by atoms with Gasteiger partial charge in [-0.25, -0.2) is 8.42 Å². The van der Waals surface area contributed by atoms with E-state index in [9.17, 15) is 21.6 Å². The van der Waals surface area contributed by atoms with E-state index >= 15 is 0 Å². The smallest absolute Gasteiger partial charge is 0.297 e. The molecule has 0 aromatic heterocycles. The number of halogens is 3. The lowest BCUT2D eigenvalue weighted by Gasteiger charge is -2.33. The molecule has 2 aromatic rings. The van der Waals surface area contributed by atoms with Crippen molar-refractivity contribution in [3.63, 3.8) is 0 Å². The van der Waals surface area contributed by atoms with Crippen molar-refractivity contribution < 1.29 is 21.6 Å². The maximum absolute atomic E-state index is 13.2. The molecule has 1 aliphatic heterocycles. The predicted octanol–water partition coefficient (Wildman–Crippen LogP) is 3.73. The molecular formula is C20H21F3N2O2S. The van der Waals surface area contributed by atoms with Gasteiger partial charge >= 0.3 is 6.18 Å². The van der Waals surface area contributed by atoms with Crippen molar-refractivity contribution in [2.75, 3.05) is 32.7 Å². The molecule has 0 spiro atoms. The minimum absolute atomic E-state index is 0.160. The molecule has 1 heterocycles. The minimum Gasteiger partial charge on any atom is -0.297 e. The van der Waals surface area contributed by atoms with Crippen LogP contribution in [0.1, 0.15) is 11.1 Å². The Morgan fingerprint density at radius 2 is 1.50 bits per heavy atom. The first-order chi connectivity index (χ1) is 13.3. The van der Waals surface area contributed by atoms with E-state index in [1.165, 1.54) is 12.1 Å². The third-order valence-corrected chi connectivity index (χ3v) is 6.57. The normalized spacial score (nSPS) is 17.2. The fourth-order valence-electron chi connectivity index (χ4n) is 3.12. The Hall–Kier alpha value is -2.16. The van der Waals surface area contributed by atoms with Crippen molar-refractivity contribution in [3.8, 4) is 0 Å². The highest BCUT2D eigenvalue weighted by atomic mass is 32.2. The molecule has 0 amide bonds. The molecule has 0 aliphatic carbocycles. The highest BCUT2D eigenvalue weighted by Crippen LogP contribution is 2.35. The van der Waals surface area contributed by atoms with E-state index in [1.54, 1.807) is 0 Å². The summed E-state index contributed by atoms with van der Waals surface area (Å²) in [6.45, 7) is 1.91. The molecular weight excluding hydrogens is 389 g/mol. The van der Waals surface area contributed by atoms with Gasteiger partial charge in [0.05, 0.1) is 10.5 Å². The van der Waals surface area contributed by atoms with Gasteiger partial charge in [-0.1, -0.05) is 54.6 Å². The summed E-state index contributed by atoms with van der Waals surface area (Å²) in [7, 11) is -4.19. The quantitative estimate of drug-likeness (QED) is 0.754. The third-order valence-electron chi connectivity index (χ3n) is 4.62. The monoisotopic (exact) mass is 410 g/mol. The van der Waals surface area contributed by atoms with E-state index in [-0.39, 0.29) is 13.1 Å². The summed E-state index contributed by atoms with van der Waals surface area (Å²) in [5.74, 6) is 0. The number of nitrogens with zero attached hydrogens (tertiary/aromatic N) is 2. The third kappa shape index (κ3) is 4.81. The maximum atomic E-state index is 13.2. The number of hydrogen-bond acceptors (Lipinski definition) is 3. The van der Waals surface area contributed by atoms with E-state index in [0.717, 1.165) is 22.0 Å². The molecule has 1 aliphatic rings. The van der Waals surface area contributed by atoms with Gasteiger partial charge in [0.15, 0.2) is 0 Å². The van der Waals surface area contributed by atoms with Crippen LogP contribution in [0.15, 0.2) is 65.6 Å². The van der Waals surface area contributed by atoms with E-state index in [2.05, 4.69) is 4.90 Å². The van der Waals surface area contributed by atoms with Crippen LogP contribution in [-0.4, -0.2) is 50.3 Å². The molecule has 0 saturated carbocycles. The Balaban J connectivity index is 1.64. The summed E-state index contributed by atoms with van der Waals surface area (Å²) in [6.07, 6.45) is -0.727. The molecule has 28 heavy (non-hydrogen) atoms. The zero-order valence-corrected chi connectivity index (χ0v) is 16.0. The molecule has 0 bridgehead atoms. The second-order valence-corrected chi connectivity index (χ2v) is 8.42. The fourth-order valence-corrected chi connectivity index (χ4v) is 4.75. The van der Waals surface area contributed by atoms with Gasteiger partial charge in [-0.3, -0.25) is 4.90 Å². The summed E-state index contributed by atoms with van der Waals surface area (Å²) < 4.78 is 66.2. The van der Waals surface area contributed by atoms with Crippen molar-refractivity contribution in [2.24, 2.45) is 0 Å². The second kappa shape index (κ2) is 8.46. The first-order valence-electron chi connectivity index (χ1n) is 8.89. The topological polar surface area (TPSA) is 40.6 Å². The lowest BCUT2D eigenvalue weighted by molar-refractivity contribution is -0.139. The van der Waals surface area contributed by atoms with E-state index in [1.807, 2.05) is 42.5 Å². The zero-order valence-electron chi connectivity index (χ0n) is 15.1. The highest BCUT2D eigenvalue weighted by molar-refractivity contribution is 7.89. The van der Waals surface area contributed by atoms with Crippen LogP contribution in [0.4, 0.5) is 13.2 Å². The van der Waals surface area contributed by atoms with Crippen LogP contribution < -0.4 is 0 Å². The van der Waals surface area contributed by atoms with Gasteiger partial charge in [0.25, 0.3) is 0 Å². The Labute approximate surface area is 162 Å². The van der Waals surface area contributed by atoms with Gasteiger partial charge in [-0.15, -0.1) is 0 Å². The van der Waals surface area contributed by atoms with Crippen LogP contribution in [0.3, 0.4) is 0 Å². The summed E-state index contributed by atoms with van der Waals surface area (Å²) in [5.41, 5.74) is -0.0457. The molecule has 1 fully saturated rings. The maximum Gasteiger partial charge on any atom is 0.417 e. The number of hydrogen-bond donors (Lipinski definition) is 0. The predicted molar refractivity (Wildman–Crippen MR) is 102 cm³/mol. The van der Waals surface area contributed by atoms with Crippen molar-refractivity contribution in [3.05, 3.63) is 71.8 Å². The molecule has 2 aromatic carbocycles. The second-order valence-electron chi connectivity index (χ2n) is 6.51. The summed E-state index contributed by atoms with van der Waals surface area (Å²) >= 11 is 0. The van der Waals surface area contributed by atoms with Gasteiger partial charge < -0.3 is 0 Å². The zero-order chi connectivity index (χ0) is 20.2.